The summed E-state index contributed by atoms with van der Waals surface area (Å²) in [6, 6.07) is 0. The van der Waals surface area contributed by atoms with Crippen molar-refractivity contribution in [1.29, 1.82) is 0 Å². The zero-order chi connectivity index (χ0) is 13.3. The van der Waals surface area contributed by atoms with Crippen LogP contribution in [0.3, 0.4) is 0 Å². The van der Waals surface area contributed by atoms with Crippen molar-refractivity contribution in [3.63, 3.8) is 0 Å². The Hall–Kier alpha value is -0.130. The molecular weight excluding hydrogens is 236 g/mol. The minimum absolute atomic E-state index is 0.269. The third-order valence-corrected chi connectivity index (χ3v) is 4.90. The van der Waals surface area contributed by atoms with Crippen molar-refractivity contribution >= 4 is 10.0 Å². The summed E-state index contributed by atoms with van der Waals surface area (Å²) in [5, 5.41) is 3.20. The minimum Gasteiger partial charge on any atom is -0.317 e. The van der Waals surface area contributed by atoms with Crippen molar-refractivity contribution in [1.82, 2.24) is 9.62 Å². The van der Waals surface area contributed by atoms with Gasteiger partial charge < -0.3 is 5.32 Å². The molecule has 4 nitrogen and oxygen atoms in total. The van der Waals surface area contributed by atoms with Crippen LogP contribution in [0.2, 0.25) is 0 Å². The fourth-order valence-electron chi connectivity index (χ4n) is 1.55. The first kappa shape index (κ1) is 16.9. The van der Waals surface area contributed by atoms with Crippen molar-refractivity contribution in [3.8, 4) is 0 Å². The standard InChI is InChI=1S/C12H28N2O2S/c1-5-12(3)11-14(4)17(15,16)10-8-7-9-13-6-2/h12-13H,5-11H2,1-4H3. The third kappa shape index (κ3) is 7.73. The first-order valence-corrected chi connectivity index (χ1v) is 8.19. The van der Waals surface area contributed by atoms with Gasteiger partial charge in [-0.25, -0.2) is 12.7 Å². The Kier molecular flexibility index (Phi) is 8.82. The Labute approximate surface area is 107 Å². The summed E-state index contributed by atoms with van der Waals surface area (Å²) in [7, 11) is -1.36. The molecule has 17 heavy (non-hydrogen) atoms. The van der Waals surface area contributed by atoms with Crippen LogP contribution >= 0.6 is 0 Å². The molecule has 5 heteroatoms. The minimum atomic E-state index is -3.05. The maximum absolute atomic E-state index is 11.9. The lowest BCUT2D eigenvalue weighted by atomic mass is 10.1. The molecule has 0 aliphatic rings. The van der Waals surface area contributed by atoms with E-state index < -0.39 is 10.0 Å². The van der Waals surface area contributed by atoms with Gasteiger partial charge in [0.15, 0.2) is 0 Å². The molecule has 0 aromatic carbocycles. The lowest BCUT2D eigenvalue weighted by molar-refractivity contribution is 0.393. The Bertz CT molecular complexity index is 278. The maximum atomic E-state index is 11.9. The highest BCUT2D eigenvalue weighted by Gasteiger charge is 2.18. The van der Waals surface area contributed by atoms with E-state index in [2.05, 4.69) is 26.1 Å². The molecule has 0 fully saturated rings. The molecule has 0 amide bonds. The van der Waals surface area contributed by atoms with E-state index in [1.165, 1.54) is 4.31 Å². The van der Waals surface area contributed by atoms with E-state index in [0.717, 1.165) is 32.4 Å². The second kappa shape index (κ2) is 8.89. The van der Waals surface area contributed by atoms with Crippen LogP contribution in [0.4, 0.5) is 0 Å². The molecule has 104 valence electrons. The number of nitrogens with one attached hydrogen (secondary N) is 1. The van der Waals surface area contributed by atoms with Gasteiger partial charge in [-0.15, -0.1) is 0 Å². The summed E-state index contributed by atoms with van der Waals surface area (Å²) in [4.78, 5) is 0. The van der Waals surface area contributed by atoms with Crippen LogP contribution in [-0.4, -0.2) is 45.2 Å². The quantitative estimate of drug-likeness (QED) is 0.611. The van der Waals surface area contributed by atoms with E-state index in [1.54, 1.807) is 7.05 Å². The predicted octanol–water partition coefficient (Wildman–Crippen LogP) is 1.68. The van der Waals surface area contributed by atoms with Crippen molar-refractivity contribution < 1.29 is 8.42 Å². The number of unbranched alkanes of at least 4 members (excludes halogenated alkanes) is 1. The Morgan fingerprint density at radius 3 is 2.41 bits per heavy atom. The summed E-state index contributed by atoms with van der Waals surface area (Å²) in [6.45, 7) is 8.70. The topological polar surface area (TPSA) is 49.4 Å². The normalized spacial score (nSPS) is 14.2. The Balaban J connectivity index is 3.93. The van der Waals surface area contributed by atoms with Gasteiger partial charge in [0.25, 0.3) is 0 Å². The van der Waals surface area contributed by atoms with Crippen molar-refractivity contribution in [2.24, 2.45) is 5.92 Å². The molecule has 1 atom stereocenters. The predicted molar refractivity (Wildman–Crippen MR) is 73.6 cm³/mol. The fourth-order valence-corrected chi connectivity index (χ4v) is 2.91. The van der Waals surface area contributed by atoms with Crippen LogP contribution in [0.5, 0.6) is 0 Å². The first-order chi connectivity index (χ1) is 7.94. The van der Waals surface area contributed by atoms with Gasteiger partial charge in [-0.3, -0.25) is 0 Å². The van der Waals surface area contributed by atoms with Gasteiger partial charge in [-0.1, -0.05) is 27.2 Å². The van der Waals surface area contributed by atoms with E-state index in [9.17, 15) is 8.42 Å². The van der Waals surface area contributed by atoms with Gasteiger partial charge in [0.05, 0.1) is 5.75 Å². The monoisotopic (exact) mass is 264 g/mol. The largest absolute Gasteiger partial charge is 0.317 e. The highest BCUT2D eigenvalue weighted by Crippen LogP contribution is 2.08. The SMILES string of the molecule is CCNCCCCS(=O)(=O)N(C)CC(C)CC. The molecule has 0 saturated heterocycles. The van der Waals surface area contributed by atoms with E-state index in [1.807, 2.05) is 0 Å². The molecule has 0 aliphatic heterocycles. The molecule has 0 aromatic heterocycles. The Morgan fingerprint density at radius 2 is 1.88 bits per heavy atom. The van der Waals surface area contributed by atoms with Gasteiger partial charge in [-0.2, -0.15) is 0 Å². The van der Waals surface area contributed by atoms with E-state index in [4.69, 9.17) is 0 Å². The number of nitrogens with zero attached hydrogens (tertiary/aromatic N) is 1. The zero-order valence-electron chi connectivity index (χ0n) is 11.7. The smallest absolute Gasteiger partial charge is 0.213 e. The first-order valence-electron chi connectivity index (χ1n) is 6.58. The van der Waals surface area contributed by atoms with Gasteiger partial charge in [0, 0.05) is 13.6 Å². The molecule has 0 bridgehead atoms. The molecule has 0 rings (SSSR count). The van der Waals surface area contributed by atoms with E-state index in [-0.39, 0.29) is 5.75 Å². The number of rotatable bonds is 10. The summed E-state index contributed by atoms with van der Waals surface area (Å²) < 4.78 is 25.3. The molecule has 1 N–H and O–H groups in total. The van der Waals surface area contributed by atoms with Crippen molar-refractivity contribution in [2.45, 2.75) is 40.0 Å². The summed E-state index contributed by atoms with van der Waals surface area (Å²) in [5.74, 6) is 0.697. The molecule has 0 aliphatic carbocycles. The van der Waals surface area contributed by atoms with E-state index in [0.29, 0.717) is 12.5 Å². The van der Waals surface area contributed by atoms with Crippen molar-refractivity contribution in [3.05, 3.63) is 0 Å². The van der Waals surface area contributed by atoms with Gasteiger partial charge in [0.1, 0.15) is 0 Å². The van der Waals surface area contributed by atoms with Crippen LogP contribution in [0.25, 0.3) is 0 Å². The number of sulfonamides is 1. The average molecular weight is 264 g/mol. The second-order valence-electron chi connectivity index (χ2n) is 4.67. The second-order valence-corrected chi connectivity index (χ2v) is 6.87. The van der Waals surface area contributed by atoms with Gasteiger partial charge in [0.2, 0.25) is 10.0 Å². The molecule has 0 radical (unpaired) electrons. The van der Waals surface area contributed by atoms with Gasteiger partial charge >= 0.3 is 0 Å². The molecule has 0 aromatic rings. The van der Waals surface area contributed by atoms with Crippen LogP contribution in [0.15, 0.2) is 0 Å². The number of hydrogen-bond donors (Lipinski definition) is 1. The average Bonchev–Trinajstić information content (AvgIpc) is 2.28. The molecular formula is C12H28N2O2S. The van der Waals surface area contributed by atoms with Crippen molar-refractivity contribution in [2.75, 3.05) is 32.4 Å². The third-order valence-electron chi connectivity index (χ3n) is 3.00. The lowest BCUT2D eigenvalue weighted by Gasteiger charge is -2.20. The number of hydrogen-bond acceptors (Lipinski definition) is 3. The zero-order valence-corrected chi connectivity index (χ0v) is 12.5. The maximum Gasteiger partial charge on any atom is 0.213 e. The molecule has 0 heterocycles. The highest BCUT2D eigenvalue weighted by atomic mass is 32.2. The molecule has 0 spiro atoms. The van der Waals surface area contributed by atoms with Crippen LogP contribution < -0.4 is 5.32 Å². The highest BCUT2D eigenvalue weighted by molar-refractivity contribution is 7.89. The van der Waals surface area contributed by atoms with E-state index >= 15 is 0 Å². The summed E-state index contributed by atoms with van der Waals surface area (Å²) in [6.07, 6.45) is 2.67. The molecule has 1 unspecified atom stereocenters. The molecule has 0 saturated carbocycles. The van der Waals surface area contributed by atoms with Gasteiger partial charge in [-0.05, 0) is 31.8 Å². The Morgan fingerprint density at radius 1 is 1.24 bits per heavy atom. The summed E-state index contributed by atoms with van der Waals surface area (Å²) in [5.41, 5.74) is 0. The van der Waals surface area contributed by atoms with Crippen LogP contribution in [-0.2, 0) is 10.0 Å². The lowest BCUT2D eigenvalue weighted by Crippen LogP contribution is -2.33. The van der Waals surface area contributed by atoms with Crippen LogP contribution in [0.1, 0.15) is 40.0 Å². The summed E-state index contributed by atoms with van der Waals surface area (Å²) >= 11 is 0. The van der Waals surface area contributed by atoms with Crippen LogP contribution in [0, 0.1) is 5.92 Å². The fraction of sp³-hybridized carbons (Fsp3) is 1.00.